The van der Waals surface area contributed by atoms with Crippen LogP contribution in [0.25, 0.3) is 0 Å². The van der Waals surface area contributed by atoms with Gasteiger partial charge in [-0.1, -0.05) is 18.6 Å². The maximum absolute atomic E-state index is 11.6. The van der Waals surface area contributed by atoms with Gasteiger partial charge in [0.15, 0.2) is 0 Å². The van der Waals surface area contributed by atoms with Gasteiger partial charge in [0.2, 0.25) is 11.8 Å². The van der Waals surface area contributed by atoms with E-state index >= 15 is 0 Å². The molecule has 0 aliphatic heterocycles. The molecule has 0 unspecified atom stereocenters. The molecule has 0 radical (unpaired) electrons. The van der Waals surface area contributed by atoms with Gasteiger partial charge in [0.05, 0.1) is 6.42 Å². The van der Waals surface area contributed by atoms with Crippen molar-refractivity contribution in [1.82, 2.24) is 5.32 Å². The lowest BCUT2D eigenvalue weighted by Gasteiger charge is -2.05. The lowest BCUT2D eigenvalue weighted by Crippen LogP contribution is -2.26. The predicted octanol–water partition coefficient (Wildman–Crippen LogP) is 1.10. The molecular weight excluding hydrogens is 244 g/mol. The second-order valence-electron chi connectivity index (χ2n) is 4.47. The number of nitrogens with one attached hydrogen (secondary N) is 1. The molecule has 0 atom stereocenters. The zero-order valence-corrected chi connectivity index (χ0v) is 10.9. The van der Waals surface area contributed by atoms with Crippen molar-refractivity contribution in [3.8, 4) is 5.75 Å². The summed E-state index contributed by atoms with van der Waals surface area (Å²) in [5.41, 5.74) is 5.89. The molecule has 0 aromatic heterocycles. The first-order valence-electron chi connectivity index (χ1n) is 6.41. The molecule has 0 fully saturated rings. The molecule has 0 saturated heterocycles. The molecule has 0 bridgehead atoms. The van der Waals surface area contributed by atoms with Gasteiger partial charge in [-0.3, -0.25) is 9.59 Å². The summed E-state index contributed by atoms with van der Waals surface area (Å²) >= 11 is 0. The summed E-state index contributed by atoms with van der Waals surface area (Å²) in [5, 5.41) is 11.9. The highest BCUT2D eigenvalue weighted by Crippen LogP contribution is 2.09. The maximum Gasteiger partial charge on any atom is 0.224 e. The summed E-state index contributed by atoms with van der Waals surface area (Å²) in [6, 6.07) is 6.57. The summed E-state index contributed by atoms with van der Waals surface area (Å²) in [6.45, 7) is 0.607. The first-order chi connectivity index (χ1) is 9.08. The molecule has 0 saturated carbocycles. The van der Waals surface area contributed by atoms with Crippen LogP contribution in [-0.2, 0) is 16.0 Å². The van der Waals surface area contributed by atoms with E-state index < -0.39 is 0 Å². The molecule has 5 nitrogen and oxygen atoms in total. The average Bonchev–Trinajstić information content (AvgIpc) is 2.36. The van der Waals surface area contributed by atoms with Crippen LogP contribution in [-0.4, -0.2) is 23.5 Å². The third-order valence-electron chi connectivity index (χ3n) is 2.72. The Kier molecular flexibility index (Phi) is 6.43. The molecule has 1 rings (SSSR count). The van der Waals surface area contributed by atoms with Crippen molar-refractivity contribution in [3.05, 3.63) is 29.8 Å². The minimum atomic E-state index is -0.281. The number of nitrogens with two attached hydrogens (primary N) is 1. The molecule has 0 heterocycles. The summed E-state index contributed by atoms with van der Waals surface area (Å²) in [5.74, 6) is -0.129. The van der Waals surface area contributed by atoms with E-state index in [-0.39, 0.29) is 17.6 Å². The van der Waals surface area contributed by atoms with E-state index in [4.69, 9.17) is 10.8 Å². The lowest BCUT2D eigenvalue weighted by atomic mass is 10.1. The van der Waals surface area contributed by atoms with E-state index in [1.54, 1.807) is 24.3 Å². The second-order valence-corrected chi connectivity index (χ2v) is 4.47. The number of benzene rings is 1. The molecule has 1 aromatic carbocycles. The zero-order valence-electron chi connectivity index (χ0n) is 10.9. The van der Waals surface area contributed by atoms with Crippen LogP contribution < -0.4 is 11.1 Å². The van der Waals surface area contributed by atoms with E-state index in [0.717, 1.165) is 24.8 Å². The van der Waals surface area contributed by atoms with Crippen LogP contribution >= 0.6 is 0 Å². The fourth-order valence-electron chi connectivity index (χ4n) is 1.69. The molecule has 104 valence electrons. The number of phenols is 1. The standard InChI is InChI=1S/C14H20N2O3/c15-13(18)4-2-1-3-9-16-14(19)10-11-5-7-12(17)8-6-11/h5-8,17H,1-4,9-10H2,(H2,15,18)(H,16,19). The van der Waals surface area contributed by atoms with Crippen molar-refractivity contribution in [1.29, 1.82) is 0 Å². The van der Waals surface area contributed by atoms with Gasteiger partial charge in [0, 0.05) is 13.0 Å². The Morgan fingerprint density at radius 1 is 1.11 bits per heavy atom. The molecule has 4 N–H and O–H groups in total. The quantitative estimate of drug-likeness (QED) is 0.614. The van der Waals surface area contributed by atoms with Crippen molar-refractivity contribution >= 4 is 11.8 Å². The number of hydrogen-bond donors (Lipinski definition) is 3. The zero-order chi connectivity index (χ0) is 14.1. The number of phenolic OH excluding ortho intramolecular Hbond substituents is 1. The number of unbranched alkanes of at least 4 members (excludes halogenated alkanes) is 2. The summed E-state index contributed by atoms with van der Waals surface area (Å²) in [7, 11) is 0. The summed E-state index contributed by atoms with van der Waals surface area (Å²) in [6.07, 6.45) is 3.20. The minimum Gasteiger partial charge on any atom is -0.508 e. The van der Waals surface area contributed by atoms with Gasteiger partial charge in [-0.2, -0.15) is 0 Å². The number of amides is 2. The van der Waals surface area contributed by atoms with Crippen LogP contribution in [0, 0.1) is 0 Å². The molecule has 0 spiro atoms. The fourth-order valence-corrected chi connectivity index (χ4v) is 1.69. The number of carbonyl (C=O) groups excluding carboxylic acids is 2. The smallest absolute Gasteiger partial charge is 0.224 e. The number of carbonyl (C=O) groups is 2. The van der Waals surface area contributed by atoms with Crippen LogP contribution in [0.2, 0.25) is 0 Å². The van der Waals surface area contributed by atoms with E-state index in [0.29, 0.717) is 19.4 Å². The molecule has 0 aliphatic rings. The van der Waals surface area contributed by atoms with Gasteiger partial charge in [0.25, 0.3) is 0 Å². The third kappa shape index (κ3) is 7.08. The minimum absolute atomic E-state index is 0.0411. The van der Waals surface area contributed by atoms with Gasteiger partial charge in [-0.05, 0) is 30.5 Å². The summed E-state index contributed by atoms with van der Waals surface area (Å²) < 4.78 is 0. The number of rotatable bonds is 8. The highest BCUT2D eigenvalue weighted by atomic mass is 16.3. The second kappa shape index (κ2) is 8.13. The van der Waals surface area contributed by atoms with Crippen LogP contribution in [0.5, 0.6) is 5.75 Å². The Bertz CT molecular complexity index is 415. The Hall–Kier alpha value is -2.04. The number of primary amides is 1. The van der Waals surface area contributed by atoms with E-state index in [9.17, 15) is 9.59 Å². The monoisotopic (exact) mass is 264 g/mol. The molecule has 0 aliphatic carbocycles. The van der Waals surface area contributed by atoms with Crippen LogP contribution in [0.4, 0.5) is 0 Å². The first-order valence-corrected chi connectivity index (χ1v) is 6.41. The van der Waals surface area contributed by atoms with E-state index in [1.807, 2.05) is 0 Å². The Morgan fingerprint density at radius 3 is 2.42 bits per heavy atom. The van der Waals surface area contributed by atoms with Gasteiger partial charge < -0.3 is 16.2 Å². The van der Waals surface area contributed by atoms with Crippen LogP contribution in [0.15, 0.2) is 24.3 Å². The van der Waals surface area contributed by atoms with Crippen molar-refractivity contribution in [2.75, 3.05) is 6.54 Å². The Labute approximate surface area is 112 Å². The topological polar surface area (TPSA) is 92.4 Å². The molecule has 5 heteroatoms. The fraction of sp³-hybridized carbons (Fsp3) is 0.429. The SMILES string of the molecule is NC(=O)CCCCCNC(=O)Cc1ccc(O)cc1. The largest absolute Gasteiger partial charge is 0.508 e. The third-order valence-corrected chi connectivity index (χ3v) is 2.72. The first kappa shape index (κ1) is 15.0. The van der Waals surface area contributed by atoms with Crippen molar-refractivity contribution < 1.29 is 14.7 Å². The predicted molar refractivity (Wildman–Crippen MR) is 72.5 cm³/mol. The highest BCUT2D eigenvalue weighted by Gasteiger charge is 2.02. The van der Waals surface area contributed by atoms with Gasteiger partial charge in [-0.25, -0.2) is 0 Å². The van der Waals surface area contributed by atoms with Crippen molar-refractivity contribution in [3.63, 3.8) is 0 Å². The average molecular weight is 264 g/mol. The van der Waals surface area contributed by atoms with Gasteiger partial charge >= 0.3 is 0 Å². The molecular formula is C14H20N2O3. The summed E-state index contributed by atoms with van der Waals surface area (Å²) in [4.78, 5) is 22.1. The molecule has 1 aromatic rings. The van der Waals surface area contributed by atoms with Crippen LogP contribution in [0.3, 0.4) is 0 Å². The normalized spacial score (nSPS) is 10.1. The van der Waals surface area contributed by atoms with Gasteiger partial charge in [0.1, 0.15) is 5.75 Å². The molecule has 2 amide bonds. The van der Waals surface area contributed by atoms with Gasteiger partial charge in [-0.15, -0.1) is 0 Å². The highest BCUT2D eigenvalue weighted by molar-refractivity contribution is 5.78. The van der Waals surface area contributed by atoms with E-state index in [1.165, 1.54) is 0 Å². The van der Waals surface area contributed by atoms with Crippen LogP contribution in [0.1, 0.15) is 31.2 Å². The Morgan fingerprint density at radius 2 is 1.79 bits per heavy atom. The lowest BCUT2D eigenvalue weighted by molar-refractivity contribution is -0.120. The van der Waals surface area contributed by atoms with Crippen molar-refractivity contribution in [2.45, 2.75) is 32.1 Å². The number of hydrogen-bond acceptors (Lipinski definition) is 3. The Balaban J connectivity index is 2.11. The number of aromatic hydroxyl groups is 1. The van der Waals surface area contributed by atoms with E-state index in [2.05, 4.69) is 5.32 Å². The van der Waals surface area contributed by atoms with Crippen molar-refractivity contribution in [2.24, 2.45) is 5.73 Å². The molecule has 19 heavy (non-hydrogen) atoms. The maximum atomic E-state index is 11.6.